The molecular formula is C16H15N3O. The van der Waals surface area contributed by atoms with Crippen molar-refractivity contribution in [2.75, 3.05) is 5.32 Å². The van der Waals surface area contributed by atoms with Crippen molar-refractivity contribution in [1.82, 2.24) is 10.2 Å². The highest BCUT2D eigenvalue weighted by molar-refractivity contribution is 5.81. The molecule has 0 aliphatic heterocycles. The molecule has 0 fully saturated rings. The van der Waals surface area contributed by atoms with Gasteiger partial charge in [0.1, 0.15) is 5.75 Å². The first kappa shape index (κ1) is 11.3. The highest BCUT2D eigenvalue weighted by atomic mass is 16.3. The van der Waals surface area contributed by atoms with Gasteiger partial charge in [-0.1, -0.05) is 12.1 Å². The summed E-state index contributed by atoms with van der Waals surface area (Å²) in [6.07, 6.45) is 3.75. The summed E-state index contributed by atoms with van der Waals surface area (Å²) >= 11 is 0. The van der Waals surface area contributed by atoms with Crippen molar-refractivity contribution in [3.05, 3.63) is 53.7 Å². The molecule has 4 nitrogen and oxygen atoms in total. The number of phenols is 1. The van der Waals surface area contributed by atoms with Crippen LogP contribution in [-0.4, -0.2) is 15.3 Å². The maximum atomic E-state index is 9.89. The number of nitrogens with one attached hydrogen (secondary N) is 2. The lowest BCUT2D eigenvalue weighted by Crippen LogP contribution is -2.06. The number of benzene rings is 2. The van der Waals surface area contributed by atoms with Crippen LogP contribution >= 0.6 is 0 Å². The summed E-state index contributed by atoms with van der Waals surface area (Å²) in [5.41, 5.74) is 4.38. The van der Waals surface area contributed by atoms with Gasteiger partial charge in [-0.25, -0.2) is 0 Å². The summed E-state index contributed by atoms with van der Waals surface area (Å²) in [6, 6.07) is 12.2. The quantitative estimate of drug-likeness (QED) is 0.665. The number of aromatic hydroxyl groups is 1. The maximum absolute atomic E-state index is 9.89. The van der Waals surface area contributed by atoms with Crippen LogP contribution in [0.4, 0.5) is 5.69 Å². The van der Waals surface area contributed by atoms with Gasteiger partial charge in [0.15, 0.2) is 0 Å². The second kappa shape index (κ2) is 4.27. The van der Waals surface area contributed by atoms with E-state index in [1.807, 2.05) is 12.3 Å². The number of anilines is 1. The normalized spacial score (nSPS) is 17.3. The monoisotopic (exact) mass is 265 g/mol. The minimum absolute atomic E-state index is 0.262. The van der Waals surface area contributed by atoms with Crippen LogP contribution in [0.5, 0.6) is 5.75 Å². The second-order valence-electron chi connectivity index (χ2n) is 5.25. The fourth-order valence-electron chi connectivity index (χ4n) is 3.01. The summed E-state index contributed by atoms with van der Waals surface area (Å²) in [5, 5.41) is 21.6. The van der Waals surface area contributed by atoms with Crippen molar-refractivity contribution in [3.63, 3.8) is 0 Å². The molecule has 3 N–H and O–H groups in total. The molecule has 0 spiro atoms. The summed E-state index contributed by atoms with van der Waals surface area (Å²) in [7, 11) is 0. The van der Waals surface area contributed by atoms with Crippen LogP contribution in [0.25, 0.3) is 10.9 Å². The number of hydrogen-bond acceptors (Lipinski definition) is 3. The summed E-state index contributed by atoms with van der Waals surface area (Å²) in [6.45, 7) is 0. The molecule has 1 aliphatic carbocycles. The lowest BCUT2D eigenvalue weighted by atomic mass is 10.1. The number of H-pyrrole nitrogens is 1. The Morgan fingerprint density at radius 2 is 2.20 bits per heavy atom. The van der Waals surface area contributed by atoms with E-state index in [0.29, 0.717) is 5.75 Å². The zero-order valence-electron chi connectivity index (χ0n) is 10.9. The predicted molar refractivity (Wildman–Crippen MR) is 78.9 cm³/mol. The first-order valence-corrected chi connectivity index (χ1v) is 6.82. The number of nitrogens with zero attached hydrogens (tertiary/aromatic N) is 1. The minimum atomic E-state index is 0.262. The molecule has 100 valence electrons. The van der Waals surface area contributed by atoms with Crippen molar-refractivity contribution in [2.24, 2.45) is 0 Å². The lowest BCUT2D eigenvalue weighted by Gasteiger charge is -2.15. The summed E-state index contributed by atoms with van der Waals surface area (Å²) in [5.74, 6) is 0.413. The molecule has 0 bridgehead atoms. The first-order valence-electron chi connectivity index (χ1n) is 6.82. The summed E-state index contributed by atoms with van der Waals surface area (Å²) < 4.78 is 0. The average Bonchev–Trinajstić information content (AvgIpc) is 3.06. The largest absolute Gasteiger partial charge is 0.508 e. The molecule has 1 atom stereocenters. The molecule has 4 rings (SSSR count). The Kier molecular flexibility index (Phi) is 2.42. The number of hydrogen-bond donors (Lipinski definition) is 3. The SMILES string of the molecule is Oc1cccc2c1CCC2Nc1ccc2cn[nH]c2c1. The smallest absolute Gasteiger partial charge is 0.119 e. The van der Waals surface area contributed by atoms with Gasteiger partial charge in [-0.3, -0.25) is 5.10 Å². The third-order valence-electron chi connectivity index (χ3n) is 4.03. The van der Waals surface area contributed by atoms with Crippen LogP contribution in [0, 0.1) is 0 Å². The third-order valence-corrected chi connectivity index (χ3v) is 4.03. The van der Waals surface area contributed by atoms with E-state index in [-0.39, 0.29) is 6.04 Å². The molecular weight excluding hydrogens is 250 g/mol. The van der Waals surface area contributed by atoms with Gasteiger partial charge in [0.05, 0.1) is 17.8 Å². The number of aromatic amines is 1. The van der Waals surface area contributed by atoms with E-state index in [9.17, 15) is 5.11 Å². The molecule has 1 aliphatic rings. The molecule has 1 unspecified atom stereocenters. The van der Waals surface area contributed by atoms with Crippen LogP contribution in [0.1, 0.15) is 23.6 Å². The zero-order valence-corrected chi connectivity index (χ0v) is 10.9. The van der Waals surface area contributed by atoms with Gasteiger partial charge in [-0.05, 0) is 48.2 Å². The van der Waals surface area contributed by atoms with Gasteiger partial charge in [0.25, 0.3) is 0 Å². The average molecular weight is 265 g/mol. The van der Waals surface area contributed by atoms with Crippen molar-refractivity contribution in [2.45, 2.75) is 18.9 Å². The highest BCUT2D eigenvalue weighted by Gasteiger charge is 2.24. The fraction of sp³-hybridized carbons (Fsp3) is 0.188. The van der Waals surface area contributed by atoms with E-state index < -0.39 is 0 Å². The molecule has 1 aromatic heterocycles. The molecule has 3 aromatic rings. The van der Waals surface area contributed by atoms with E-state index in [0.717, 1.165) is 35.0 Å². The van der Waals surface area contributed by atoms with E-state index in [1.54, 1.807) is 6.07 Å². The Labute approximate surface area is 116 Å². The van der Waals surface area contributed by atoms with E-state index in [2.05, 4.69) is 39.8 Å². The zero-order chi connectivity index (χ0) is 13.5. The third kappa shape index (κ3) is 1.72. The van der Waals surface area contributed by atoms with Crippen LogP contribution in [0.2, 0.25) is 0 Å². The second-order valence-corrected chi connectivity index (χ2v) is 5.25. The van der Waals surface area contributed by atoms with E-state index in [1.165, 1.54) is 5.56 Å². The van der Waals surface area contributed by atoms with Gasteiger partial charge < -0.3 is 10.4 Å². The highest BCUT2D eigenvalue weighted by Crippen LogP contribution is 2.38. The Morgan fingerprint density at radius 3 is 3.15 bits per heavy atom. The van der Waals surface area contributed by atoms with E-state index >= 15 is 0 Å². The van der Waals surface area contributed by atoms with Crippen LogP contribution in [-0.2, 0) is 6.42 Å². The standard InChI is InChI=1S/C16H15N3O/c20-16-3-1-2-12-13(16)6-7-14(12)18-11-5-4-10-9-17-19-15(10)8-11/h1-5,8-9,14,18,20H,6-7H2,(H,17,19). The molecule has 1 heterocycles. The fourth-order valence-corrected chi connectivity index (χ4v) is 3.01. The molecule has 20 heavy (non-hydrogen) atoms. The Morgan fingerprint density at radius 1 is 1.25 bits per heavy atom. The molecule has 2 aromatic carbocycles. The number of rotatable bonds is 2. The Balaban J connectivity index is 1.66. The number of phenolic OH excluding ortho intramolecular Hbond substituents is 1. The molecule has 0 saturated heterocycles. The van der Waals surface area contributed by atoms with Crippen molar-refractivity contribution in [3.8, 4) is 5.75 Å². The van der Waals surface area contributed by atoms with Gasteiger partial charge in [0, 0.05) is 11.1 Å². The molecule has 0 saturated carbocycles. The van der Waals surface area contributed by atoms with Crippen molar-refractivity contribution < 1.29 is 5.11 Å². The molecule has 0 radical (unpaired) electrons. The Hall–Kier alpha value is -2.49. The van der Waals surface area contributed by atoms with Gasteiger partial charge in [-0.2, -0.15) is 5.10 Å². The van der Waals surface area contributed by atoms with Crippen molar-refractivity contribution in [1.29, 1.82) is 0 Å². The van der Waals surface area contributed by atoms with Crippen molar-refractivity contribution >= 4 is 16.6 Å². The Bertz CT molecular complexity index is 778. The minimum Gasteiger partial charge on any atom is -0.508 e. The summed E-state index contributed by atoms with van der Waals surface area (Å²) in [4.78, 5) is 0. The maximum Gasteiger partial charge on any atom is 0.119 e. The van der Waals surface area contributed by atoms with Gasteiger partial charge in [-0.15, -0.1) is 0 Å². The van der Waals surface area contributed by atoms with Crippen LogP contribution < -0.4 is 5.32 Å². The van der Waals surface area contributed by atoms with Crippen LogP contribution in [0.15, 0.2) is 42.6 Å². The molecule has 4 heteroatoms. The first-order chi connectivity index (χ1) is 9.81. The van der Waals surface area contributed by atoms with Gasteiger partial charge in [0.2, 0.25) is 0 Å². The van der Waals surface area contributed by atoms with E-state index in [4.69, 9.17) is 0 Å². The lowest BCUT2D eigenvalue weighted by molar-refractivity contribution is 0.469. The number of aromatic nitrogens is 2. The van der Waals surface area contributed by atoms with Crippen LogP contribution in [0.3, 0.4) is 0 Å². The predicted octanol–water partition coefficient (Wildman–Crippen LogP) is 3.37. The number of fused-ring (bicyclic) bond motifs is 2. The van der Waals surface area contributed by atoms with Gasteiger partial charge >= 0.3 is 0 Å². The topological polar surface area (TPSA) is 60.9 Å². The molecule has 0 amide bonds.